The summed E-state index contributed by atoms with van der Waals surface area (Å²) < 4.78 is 14.7. The normalized spacial score (nSPS) is 12.2. The molecule has 0 spiro atoms. The van der Waals surface area contributed by atoms with Crippen LogP contribution in [0.1, 0.15) is 5.56 Å². The van der Waals surface area contributed by atoms with Crippen molar-refractivity contribution in [1.29, 1.82) is 0 Å². The molecule has 118 valence electrons. The van der Waals surface area contributed by atoms with Gasteiger partial charge < -0.3 is 0 Å². The Morgan fingerprint density at radius 1 is 1.17 bits per heavy atom. The van der Waals surface area contributed by atoms with Crippen LogP contribution in [0, 0.1) is 5.82 Å². The Morgan fingerprint density at radius 3 is 2.67 bits per heavy atom. The molecule has 0 aliphatic carbocycles. The summed E-state index contributed by atoms with van der Waals surface area (Å²) in [4.78, 5) is 17.3. The first-order valence-electron chi connectivity index (χ1n) is 7.03. The van der Waals surface area contributed by atoms with Gasteiger partial charge in [0.25, 0.3) is 5.56 Å². The zero-order valence-electron chi connectivity index (χ0n) is 12.1. The van der Waals surface area contributed by atoms with Crippen LogP contribution in [0.25, 0.3) is 22.4 Å². The molecule has 0 fully saturated rings. The highest BCUT2D eigenvalue weighted by atomic mass is 35.5. The van der Waals surface area contributed by atoms with Crippen LogP contribution in [-0.2, 0) is 0 Å². The molecule has 0 bridgehead atoms. The smallest absolute Gasteiger partial charge is 0.266 e. The predicted octanol–water partition coefficient (Wildman–Crippen LogP) is 3.16. The Labute approximate surface area is 144 Å². The van der Waals surface area contributed by atoms with Gasteiger partial charge in [-0.25, -0.2) is 4.39 Å². The summed E-state index contributed by atoms with van der Waals surface area (Å²) in [5.41, 5.74) is 1.25. The summed E-state index contributed by atoms with van der Waals surface area (Å²) in [6.45, 7) is 0. The van der Waals surface area contributed by atoms with Crippen molar-refractivity contribution in [3.8, 4) is 11.4 Å². The number of benzene rings is 2. The summed E-state index contributed by atoms with van der Waals surface area (Å²) in [6, 6.07) is 13.1. The van der Waals surface area contributed by atoms with Gasteiger partial charge in [-0.15, -0.1) is 5.10 Å². The van der Waals surface area contributed by atoms with Gasteiger partial charge in [0.2, 0.25) is 4.96 Å². The lowest BCUT2D eigenvalue weighted by Gasteiger charge is -1.94. The third-order valence-electron chi connectivity index (χ3n) is 3.43. The Hall–Kier alpha value is -2.57. The number of hydrogen-bond donors (Lipinski definition) is 0. The summed E-state index contributed by atoms with van der Waals surface area (Å²) in [6.07, 6.45) is 1.70. The van der Waals surface area contributed by atoms with Crippen LogP contribution in [0.5, 0.6) is 0 Å². The van der Waals surface area contributed by atoms with Crippen molar-refractivity contribution in [3.63, 3.8) is 0 Å². The van der Waals surface area contributed by atoms with Crippen molar-refractivity contribution in [2.75, 3.05) is 0 Å². The van der Waals surface area contributed by atoms with E-state index in [1.807, 2.05) is 6.07 Å². The molecule has 2 heterocycles. The van der Waals surface area contributed by atoms with E-state index in [9.17, 15) is 9.18 Å². The van der Waals surface area contributed by atoms with E-state index in [0.29, 0.717) is 20.3 Å². The molecule has 0 aliphatic rings. The van der Waals surface area contributed by atoms with Gasteiger partial charge in [-0.05, 0) is 35.9 Å². The molecule has 0 saturated carbocycles. The second-order valence-electron chi connectivity index (χ2n) is 5.11. The molecule has 2 aromatic carbocycles. The second-order valence-corrected chi connectivity index (χ2v) is 6.55. The molecular weight excluding hydrogens is 349 g/mol. The first-order valence-corrected chi connectivity index (χ1v) is 8.22. The second kappa shape index (κ2) is 5.81. The van der Waals surface area contributed by atoms with Crippen LogP contribution in [0.4, 0.5) is 4.39 Å². The minimum absolute atomic E-state index is 0.250. The number of halogens is 2. The van der Waals surface area contributed by atoms with Crippen molar-refractivity contribution >= 4 is 34.0 Å². The predicted molar refractivity (Wildman–Crippen MR) is 92.8 cm³/mol. The lowest BCUT2D eigenvalue weighted by atomic mass is 10.2. The summed E-state index contributed by atoms with van der Waals surface area (Å²) in [5, 5.41) is 4.85. The molecule has 2 aromatic heterocycles. The van der Waals surface area contributed by atoms with E-state index < -0.39 is 0 Å². The highest BCUT2D eigenvalue weighted by Gasteiger charge is 2.12. The molecule has 0 N–H and O–H groups in total. The lowest BCUT2D eigenvalue weighted by Crippen LogP contribution is -2.23. The van der Waals surface area contributed by atoms with E-state index >= 15 is 0 Å². The quantitative estimate of drug-likeness (QED) is 0.553. The number of fused-ring (bicyclic) bond motifs is 1. The van der Waals surface area contributed by atoms with E-state index in [4.69, 9.17) is 11.6 Å². The number of nitrogens with zero attached hydrogens (tertiary/aromatic N) is 3. The van der Waals surface area contributed by atoms with Crippen LogP contribution >= 0.6 is 22.9 Å². The van der Waals surface area contributed by atoms with Gasteiger partial charge in [-0.2, -0.15) is 9.50 Å². The molecule has 24 heavy (non-hydrogen) atoms. The standard InChI is InChI=1S/C17H9ClFN3OS/c18-12-3-1-2-11(9-12)15-20-17-22(21-15)16(23)14(24-17)8-10-4-6-13(19)7-5-10/h1-9H/b14-8-. The van der Waals surface area contributed by atoms with Crippen LogP contribution in [0.15, 0.2) is 53.3 Å². The fourth-order valence-electron chi connectivity index (χ4n) is 2.29. The molecule has 4 aromatic rings. The van der Waals surface area contributed by atoms with E-state index in [1.165, 1.54) is 28.0 Å². The summed E-state index contributed by atoms with van der Waals surface area (Å²) in [7, 11) is 0. The van der Waals surface area contributed by atoms with E-state index in [0.717, 1.165) is 11.1 Å². The molecule has 0 aliphatic heterocycles. The number of rotatable bonds is 2. The average molecular weight is 358 g/mol. The van der Waals surface area contributed by atoms with E-state index in [2.05, 4.69) is 10.1 Å². The molecule has 0 atom stereocenters. The Balaban J connectivity index is 1.81. The Kier molecular flexibility index (Phi) is 3.63. The van der Waals surface area contributed by atoms with Crippen LogP contribution in [-0.4, -0.2) is 14.6 Å². The van der Waals surface area contributed by atoms with Gasteiger partial charge in [0, 0.05) is 10.6 Å². The third kappa shape index (κ3) is 2.70. The Morgan fingerprint density at radius 2 is 1.96 bits per heavy atom. The minimum atomic E-state index is -0.316. The molecule has 4 nitrogen and oxygen atoms in total. The van der Waals surface area contributed by atoms with Crippen LogP contribution in [0.2, 0.25) is 5.02 Å². The SMILES string of the molecule is O=c1/c(=C/c2ccc(F)cc2)sc2nc(-c3cccc(Cl)c3)nn12. The largest absolute Gasteiger partial charge is 0.291 e. The highest BCUT2D eigenvalue weighted by Crippen LogP contribution is 2.20. The van der Waals surface area contributed by atoms with Crippen molar-refractivity contribution in [2.45, 2.75) is 0 Å². The first kappa shape index (κ1) is 15.0. The van der Waals surface area contributed by atoms with Gasteiger partial charge in [0.05, 0.1) is 4.53 Å². The molecule has 7 heteroatoms. The van der Waals surface area contributed by atoms with E-state index in [1.54, 1.807) is 36.4 Å². The van der Waals surface area contributed by atoms with Crippen molar-refractivity contribution < 1.29 is 4.39 Å². The zero-order chi connectivity index (χ0) is 16.7. The maximum atomic E-state index is 13.0. The van der Waals surface area contributed by atoms with Gasteiger partial charge in [-0.3, -0.25) is 4.79 Å². The third-order valence-corrected chi connectivity index (χ3v) is 4.63. The number of aromatic nitrogens is 3. The highest BCUT2D eigenvalue weighted by molar-refractivity contribution is 7.15. The average Bonchev–Trinajstić information content (AvgIpc) is 3.10. The number of thiazole rings is 1. The van der Waals surface area contributed by atoms with Crippen molar-refractivity contribution in [1.82, 2.24) is 14.6 Å². The fourth-order valence-corrected chi connectivity index (χ4v) is 3.39. The molecule has 0 unspecified atom stereocenters. The monoisotopic (exact) mass is 357 g/mol. The fraction of sp³-hybridized carbons (Fsp3) is 0. The van der Waals surface area contributed by atoms with Gasteiger partial charge >= 0.3 is 0 Å². The zero-order valence-corrected chi connectivity index (χ0v) is 13.7. The number of hydrogen-bond acceptors (Lipinski definition) is 4. The summed E-state index contributed by atoms with van der Waals surface area (Å²) >= 11 is 7.21. The minimum Gasteiger partial charge on any atom is -0.266 e. The summed E-state index contributed by atoms with van der Waals surface area (Å²) in [5.74, 6) is 0.137. The first-order chi connectivity index (χ1) is 11.6. The molecule has 0 radical (unpaired) electrons. The lowest BCUT2D eigenvalue weighted by molar-refractivity contribution is 0.628. The van der Waals surface area contributed by atoms with Gasteiger partial charge in [0.1, 0.15) is 5.82 Å². The van der Waals surface area contributed by atoms with Crippen molar-refractivity contribution in [2.24, 2.45) is 0 Å². The van der Waals surface area contributed by atoms with E-state index in [-0.39, 0.29) is 11.4 Å². The molecule has 0 saturated heterocycles. The molecule has 0 amide bonds. The maximum absolute atomic E-state index is 13.0. The molecule has 4 rings (SSSR count). The maximum Gasteiger partial charge on any atom is 0.291 e. The topological polar surface area (TPSA) is 47.3 Å². The van der Waals surface area contributed by atoms with Crippen molar-refractivity contribution in [3.05, 3.63) is 79.8 Å². The van der Waals surface area contributed by atoms with Gasteiger partial charge in [0.15, 0.2) is 5.82 Å². The van der Waals surface area contributed by atoms with Crippen LogP contribution < -0.4 is 10.1 Å². The Bertz CT molecular complexity index is 1150. The van der Waals surface area contributed by atoms with Gasteiger partial charge in [-0.1, -0.05) is 47.2 Å². The molecular formula is C17H9ClFN3OS. The van der Waals surface area contributed by atoms with Crippen LogP contribution in [0.3, 0.4) is 0 Å².